The van der Waals surface area contributed by atoms with Crippen LogP contribution in [0.3, 0.4) is 0 Å². The Morgan fingerprint density at radius 1 is 1.19 bits per heavy atom. The summed E-state index contributed by atoms with van der Waals surface area (Å²) in [5.41, 5.74) is 3.00. The van der Waals surface area contributed by atoms with Crippen molar-refractivity contribution < 1.29 is 14.3 Å². The first-order chi connectivity index (χ1) is 15.0. The van der Waals surface area contributed by atoms with Crippen LogP contribution in [0.2, 0.25) is 0 Å². The fraction of sp³-hybridized carbons (Fsp3) is 0.348. The fourth-order valence-corrected chi connectivity index (χ4v) is 3.33. The van der Waals surface area contributed by atoms with Gasteiger partial charge < -0.3 is 25.6 Å². The Morgan fingerprint density at radius 2 is 1.97 bits per heavy atom. The maximum atomic E-state index is 12.0. The molecule has 1 aliphatic rings. The number of nitrogens with zero attached hydrogens (tertiary/aromatic N) is 2. The van der Waals surface area contributed by atoms with Crippen LogP contribution in [0.15, 0.2) is 53.5 Å². The van der Waals surface area contributed by atoms with Crippen LogP contribution in [0.4, 0.5) is 5.69 Å². The number of hydrogen-bond donors (Lipinski definition) is 3. The zero-order valence-corrected chi connectivity index (χ0v) is 20.9. The lowest BCUT2D eigenvalue weighted by Crippen LogP contribution is -2.40. The van der Waals surface area contributed by atoms with Crippen LogP contribution in [-0.2, 0) is 16.1 Å². The molecule has 0 saturated carbocycles. The van der Waals surface area contributed by atoms with Crippen molar-refractivity contribution in [3.63, 3.8) is 0 Å². The van der Waals surface area contributed by atoms with E-state index < -0.39 is 0 Å². The number of rotatable bonds is 7. The lowest BCUT2D eigenvalue weighted by molar-refractivity contribution is -0.130. The molecule has 9 heteroatoms. The summed E-state index contributed by atoms with van der Waals surface area (Å²) in [6, 6.07) is 15.5. The number of benzene rings is 2. The van der Waals surface area contributed by atoms with E-state index in [4.69, 9.17) is 4.74 Å². The quantitative estimate of drug-likeness (QED) is 0.280. The predicted molar refractivity (Wildman–Crippen MR) is 137 cm³/mol. The van der Waals surface area contributed by atoms with Crippen LogP contribution >= 0.6 is 24.0 Å². The molecule has 172 valence electrons. The molecule has 2 aromatic carbocycles. The van der Waals surface area contributed by atoms with E-state index in [0.29, 0.717) is 31.2 Å². The summed E-state index contributed by atoms with van der Waals surface area (Å²) >= 11 is 0. The number of halogens is 1. The topological polar surface area (TPSA) is 95.1 Å². The number of carbonyl (C=O) groups is 2. The van der Waals surface area contributed by atoms with E-state index in [1.807, 2.05) is 48.5 Å². The van der Waals surface area contributed by atoms with Gasteiger partial charge >= 0.3 is 0 Å². The summed E-state index contributed by atoms with van der Waals surface area (Å²) in [6.07, 6.45) is 0.437. The van der Waals surface area contributed by atoms with Gasteiger partial charge in [-0.2, -0.15) is 0 Å². The van der Waals surface area contributed by atoms with Gasteiger partial charge in [0.1, 0.15) is 5.75 Å². The first-order valence-electron chi connectivity index (χ1n) is 10.2. The van der Waals surface area contributed by atoms with E-state index in [-0.39, 0.29) is 48.3 Å². The molecule has 32 heavy (non-hydrogen) atoms. The van der Waals surface area contributed by atoms with Gasteiger partial charge in [0.25, 0.3) is 5.91 Å². The van der Waals surface area contributed by atoms with Crippen LogP contribution in [0.25, 0.3) is 0 Å². The second-order valence-corrected chi connectivity index (χ2v) is 7.57. The van der Waals surface area contributed by atoms with Gasteiger partial charge in [0, 0.05) is 52.3 Å². The van der Waals surface area contributed by atoms with Gasteiger partial charge in [-0.05, 0) is 29.3 Å². The van der Waals surface area contributed by atoms with Gasteiger partial charge in [-0.15, -0.1) is 24.0 Å². The number of para-hydroxylation sites is 1. The third kappa shape index (κ3) is 7.11. The van der Waals surface area contributed by atoms with Crippen molar-refractivity contribution in [3.8, 4) is 5.75 Å². The van der Waals surface area contributed by atoms with Gasteiger partial charge in [0.2, 0.25) is 5.91 Å². The second-order valence-electron chi connectivity index (χ2n) is 7.57. The first kappa shape index (κ1) is 25.4. The number of amides is 2. The summed E-state index contributed by atoms with van der Waals surface area (Å²) < 4.78 is 5.57. The number of guanidine groups is 1. The molecule has 8 nitrogen and oxygen atoms in total. The molecule has 3 N–H and O–H groups in total. The van der Waals surface area contributed by atoms with Crippen molar-refractivity contribution in [3.05, 3.63) is 59.7 Å². The number of nitrogens with one attached hydrogen (secondary N) is 3. The smallest absolute Gasteiger partial charge is 0.259 e. The fourth-order valence-electron chi connectivity index (χ4n) is 3.33. The van der Waals surface area contributed by atoms with Crippen molar-refractivity contribution in [2.24, 2.45) is 4.99 Å². The zero-order valence-electron chi connectivity index (χ0n) is 18.6. The largest absolute Gasteiger partial charge is 0.484 e. The van der Waals surface area contributed by atoms with Gasteiger partial charge in [0.15, 0.2) is 12.6 Å². The molecule has 1 heterocycles. The molecule has 1 unspecified atom stereocenters. The third-order valence-electron chi connectivity index (χ3n) is 5.07. The van der Waals surface area contributed by atoms with E-state index in [1.165, 1.54) is 4.90 Å². The standard InChI is InChI=1S/C23H29N5O3.HI/c1-24-23(26-14-17-12-21(29)27-20-10-5-4-9-19(17)20)25-13-16-7-6-8-18(11-16)31-15-22(30)28(2)3;/h4-11,17H,12-15H2,1-3H3,(H,27,29)(H2,24,25,26);1H. The minimum Gasteiger partial charge on any atom is -0.484 e. The molecule has 2 aromatic rings. The van der Waals surface area contributed by atoms with E-state index in [1.54, 1.807) is 21.1 Å². The van der Waals surface area contributed by atoms with Crippen molar-refractivity contribution in [1.29, 1.82) is 0 Å². The molecule has 2 amide bonds. The second kappa shape index (κ2) is 12.3. The number of anilines is 1. The Balaban J connectivity index is 0.00000363. The number of aliphatic imine (C=N–C) groups is 1. The Morgan fingerprint density at radius 3 is 2.72 bits per heavy atom. The van der Waals surface area contributed by atoms with Crippen LogP contribution in [0, 0.1) is 0 Å². The van der Waals surface area contributed by atoms with Gasteiger partial charge in [-0.1, -0.05) is 30.3 Å². The van der Waals surface area contributed by atoms with Gasteiger partial charge in [-0.3, -0.25) is 14.6 Å². The van der Waals surface area contributed by atoms with Crippen LogP contribution < -0.4 is 20.7 Å². The summed E-state index contributed by atoms with van der Waals surface area (Å²) in [5, 5.41) is 9.51. The minimum absolute atomic E-state index is 0. The number of likely N-dealkylation sites (N-methyl/N-ethyl adjacent to an activating group) is 1. The Hall–Kier alpha value is -2.82. The van der Waals surface area contributed by atoms with E-state index in [2.05, 4.69) is 20.9 Å². The van der Waals surface area contributed by atoms with Crippen LogP contribution in [-0.4, -0.2) is 57.0 Å². The Labute approximate surface area is 205 Å². The number of fused-ring (bicyclic) bond motifs is 1. The highest BCUT2D eigenvalue weighted by atomic mass is 127. The van der Waals surface area contributed by atoms with Crippen molar-refractivity contribution in [1.82, 2.24) is 15.5 Å². The summed E-state index contributed by atoms with van der Waals surface area (Å²) in [7, 11) is 5.11. The molecule has 1 atom stereocenters. The molecule has 0 fully saturated rings. The van der Waals surface area contributed by atoms with Crippen LogP contribution in [0.1, 0.15) is 23.5 Å². The monoisotopic (exact) mass is 551 g/mol. The molecule has 0 aliphatic carbocycles. The van der Waals surface area contributed by atoms with Gasteiger partial charge in [-0.25, -0.2) is 0 Å². The number of carbonyl (C=O) groups excluding carboxylic acids is 2. The molecule has 1 aliphatic heterocycles. The Bertz CT molecular complexity index is 964. The molecular weight excluding hydrogens is 521 g/mol. The lowest BCUT2D eigenvalue weighted by Gasteiger charge is -2.26. The molecule has 3 rings (SSSR count). The number of ether oxygens (including phenoxy) is 1. The highest BCUT2D eigenvalue weighted by Gasteiger charge is 2.24. The summed E-state index contributed by atoms with van der Waals surface area (Å²) in [4.78, 5) is 29.5. The number of hydrogen-bond acceptors (Lipinski definition) is 4. The lowest BCUT2D eigenvalue weighted by atomic mass is 9.90. The maximum Gasteiger partial charge on any atom is 0.259 e. The Kier molecular flexibility index (Phi) is 9.76. The average Bonchev–Trinajstić information content (AvgIpc) is 2.77. The predicted octanol–water partition coefficient (Wildman–Crippen LogP) is 2.56. The third-order valence-corrected chi connectivity index (χ3v) is 5.07. The molecular formula is C23H30IN5O3. The SMILES string of the molecule is CN=C(NCc1cccc(OCC(=O)N(C)C)c1)NCC1CC(=O)Nc2ccccc21.I. The summed E-state index contributed by atoms with van der Waals surface area (Å²) in [6.45, 7) is 1.14. The van der Waals surface area contributed by atoms with E-state index in [9.17, 15) is 9.59 Å². The highest BCUT2D eigenvalue weighted by molar-refractivity contribution is 14.0. The van der Waals surface area contributed by atoms with Gasteiger partial charge in [0.05, 0.1) is 0 Å². The van der Waals surface area contributed by atoms with Crippen molar-refractivity contribution in [2.75, 3.05) is 39.6 Å². The maximum absolute atomic E-state index is 12.0. The molecule has 0 spiro atoms. The summed E-state index contributed by atoms with van der Waals surface area (Å²) in [5.74, 6) is 1.30. The molecule has 0 radical (unpaired) electrons. The first-order valence-corrected chi connectivity index (χ1v) is 10.2. The average molecular weight is 551 g/mol. The van der Waals surface area contributed by atoms with E-state index >= 15 is 0 Å². The van der Waals surface area contributed by atoms with Crippen LogP contribution in [0.5, 0.6) is 5.75 Å². The minimum atomic E-state index is -0.0916. The molecule has 0 saturated heterocycles. The van der Waals surface area contributed by atoms with E-state index in [0.717, 1.165) is 16.8 Å². The normalized spacial score (nSPS) is 15.0. The van der Waals surface area contributed by atoms with Crippen molar-refractivity contribution in [2.45, 2.75) is 18.9 Å². The van der Waals surface area contributed by atoms with Crippen molar-refractivity contribution >= 4 is 47.4 Å². The molecule has 0 aromatic heterocycles. The zero-order chi connectivity index (χ0) is 22.2. The highest BCUT2D eigenvalue weighted by Crippen LogP contribution is 2.31. The molecule has 0 bridgehead atoms.